The summed E-state index contributed by atoms with van der Waals surface area (Å²) in [5, 5.41) is 17.8. The molecule has 4 aromatic rings. The van der Waals surface area contributed by atoms with E-state index < -0.39 is 6.04 Å². The van der Waals surface area contributed by atoms with E-state index in [1.165, 1.54) is 23.1 Å². The van der Waals surface area contributed by atoms with Crippen molar-refractivity contribution in [1.29, 1.82) is 0 Å². The molecule has 0 radical (unpaired) electrons. The van der Waals surface area contributed by atoms with Crippen LogP contribution in [0.15, 0.2) is 59.3 Å². The fraction of sp³-hybridized carbons (Fsp3) is 0.280. The molecule has 1 unspecified atom stereocenters. The third-order valence-corrected chi connectivity index (χ3v) is 7.83. The van der Waals surface area contributed by atoms with Gasteiger partial charge in [0.15, 0.2) is 11.0 Å². The number of carbonyl (C=O) groups is 2. The molecule has 1 aliphatic heterocycles. The zero-order valence-electron chi connectivity index (χ0n) is 19.7. The monoisotopic (exact) mass is 519 g/mol. The van der Waals surface area contributed by atoms with E-state index in [1.807, 2.05) is 34.9 Å². The first-order valence-corrected chi connectivity index (χ1v) is 13.5. The van der Waals surface area contributed by atoms with Crippen molar-refractivity contribution in [3.63, 3.8) is 0 Å². The second-order valence-corrected chi connectivity index (χ2v) is 10.3. The molecule has 0 saturated carbocycles. The van der Waals surface area contributed by atoms with Crippen molar-refractivity contribution in [2.45, 2.75) is 43.1 Å². The third-order valence-electron chi connectivity index (χ3n) is 5.86. The standard InChI is InChI=1S/C25H25N7O2S2/c1-16-7-2-3-10-20(16)32-22(17-8-6-11-26-13-17)30-31-25(32)36-15-21-28-19(14-35-21)24(34)29-18-9-4-5-12-27-23(18)33/h2-3,6-8,10-11,13-14,18H,4-5,9,12,15H2,1H3,(H,27,33)(H,29,34). The van der Waals surface area contributed by atoms with Gasteiger partial charge in [-0.1, -0.05) is 30.0 Å². The molecule has 1 aliphatic rings. The predicted octanol–water partition coefficient (Wildman–Crippen LogP) is 3.79. The minimum absolute atomic E-state index is 0.133. The molecule has 1 aromatic carbocycles. The van der Waals surface area contributed by atoms with Gasteiger partial charge >= 0.3 is 0 Å². The Balaban J connectivity index is 1.33. The molecule has 184 valence electrons. The number of para-hydroxylation sites is 1. The van der Waals surface area contributed by atoms with Crippen LogP contribution in [0.3, 0.4) is 0 Å². The molecule has 36 heavy (non-hydrogen) atoms. The Labute approximate surface area is 216 Å². The molecular formula is C25H25N7O2S2. The van der Waals surface area contributed by atoms with E-state index in [0.717, 1.165) is 39.8 Å². The van der Waals surface area contributed by atoms with Crippen LogP contribution in [0.5, 0.6) is 0 Å². The lowest BCUT2D eigenvalue weighted by atomic mass is 10.1. The van der Waals surface area contributed by atoms with Crippen molar-refractivity contribution in [2.75, 3.05) is 6.54 Å². The summed E-state index contributed by atoms with van der Waals surface area (Å²) in [5.74, 6) is 0.776. The normalized spacial score (nSPS) is 15.8. The molecule has 1 fully saturated rings. The molecule has 2 amide bonds. The van der Waals surface area contributed by atoms with Crippen LogP contribution in [0.25, 0.3) is 17.1 Å². The highest BCUT2D eigenvalue weighted by Crippen LogP contribution is 2.31. The molecule has 1 saturated heterocycles. The Morgan fingerprint density at radius 3 is 2.94 bits per heavy atom. The van der Waals surface area contributed by atoms with Crippen LogP contribution in [0.1, 0.15) is 40.3 Å². The van der Waals surface area contributed by atoms with Crippen LogP contribution in [0, 0.1) is 6.92 Å². The van der Waals surface area contributed by atoms with E-state index in [1.54, 1.807) is 17.8 Å². The Hall–Kier alpha value is -3.57. The third kappa shape index (κ3) is 5.31. The predicted molar refractivity (Wildman–Crippen MR) is 139 cm³/mol. The minimum atomic E-state index is -0.516. The average Bonchev–Trinajstić information content (AvgIpc) is 3.49. The fourth-order valence-electron chi connectivity index (χ4n) is 3.99. The molecule has 5 rings (SSSR count). The number of rotatable bonds is 7. The van der Waals surface area contributed by atoms with Crippen molar-refractivity contribution in [3.8, 4) is 17.1 Å². The second-order valence-electron chi connectivity index (χ2n) is 8.40. The molecule has 9 nitrogen and oxygen atoms in total. The highest BCUT2D eigenvalue weighted by Gasteiger charge is 2.24. The summed E-state index contributed by atoms with van der Waals surface area (Å²) in [4.78, 5) is 33.6. The smallest absolute Gasteiger partial charge is 0.271 e. The number of hydrogen-bond acceptors (Lipinski definition) is 8. The molecule has 3 aromatic heterocycles. The summed E-state index contributed by atoms with van der Waals surface area (Å²) in [6, 6.07) is 11.4. The van der Waals surface area contributed by atoms with Crippen LogP contribution in [-0.4, -0.2) is 49.1 Å². The number of thiazole rings is 1. The van der Waals surface area contributed by atoms with E-state index in [9.17, 15) is 9.59 Å². The van der Waals surface area contributed by atoms with Crippen molar-refractivity contribution in [3.05, 3.63) is 70.4 Å². The Morgan fingerprint density at radius 2 is 2.11 bits per heavy atom. The number of aryl methyl sites for hydroxylation is 1. The van der Waals surface area contributed by atoms with Crippen molar-refractivity contribution in [1.82, 2.24) is 35.4 Å². The van der Waals surface area contributed by atoms with E-state index in [0.29, 0.717) is 30.2 Å². The highest BCUT2D eigenvalue weighted by atomic mass is 32.2. The van der Waals surface area contributed by atoms with E-state index in [2.05, 4.69) is 43.8 Å². The quantitative estimate of drug-likeness (QED) is 0.357. The van der Waals surface area contributed by atoms with Gasteiger partial charge in [-0.15, -0.1) is 21.5 Å². The van der Waals surface area contributed by atoms with Gasteiger partial charge in [0, 0.05) is 29.9 Å². The number of pyridine rings is 1. The number of benzene rings is 1. The Morgan fingerprint density at radius 1 is 1.22 bits per heavy atom. The number of carbonyl (C=O) groups excluding carboxylic acids is 2. The molecule has 0 bridgehead atoms. The number of nitrogens with zero attached hydrogens (tertiary/aromatic N) is 5. The van der Waals surface area contributed by atoms with E-state index >= 15 is 0 Å². The number of thioether (sulfide) groups is 1. The van der Waals surface area contributed by atoms with Gasteiger partial charge < -0.3 is 10.6 Å². The van der Waals surface area contributed by atoms with Gasteiger partial charge in [-0.25, -0.2) is 4.98 Å². The van der Waals surface area contributed by atoms with Gasteiger partial charge in [0.25, 0.3) is 5.91 Å². The molecule has 0 aliphatic carbocycles. The summed E-state index contributed by atoms with van der Waals surface area (Å²) in [7, 11) is 0. The van der Waals surface area contributed by atoms with E-state index in [4.69, 9.17) is 0 Å². The van der Waals surface area contributed by atoms with Gasteiger partial charge in [-0.05, 0) is 49.9 Å². The zero-order valence-corrected chi connectivity index (χ0v) is 21.3. The molecule has 0 spiro atoms. The number of hydrogen-bond donors (Lipinski definition) is 2. The molecule has 11 heteroatoms. The van der Waals surface area contributed by atoms with Crippen LogP contribution in [0.4, 0.5) is 0 Å². The van der Waals surface area contributed by atoms with Crippen LogP contribution >= 0.6 is 23.1 Å². The van der Waals surface area contributed by atoms with Crippen molar-refractivity contribution in [2.24, 2.45) is 0 Å². The molecular weight excluding hydrogens is 494 g/mol. The second kappa shape index (κ2) is 11.0. The summed E-state index contributed by atoms with van der Waals surface area (Å²) in [5.41, 5.74) is 3.28. The lowest BCUT2D eigenvalue weighted by Crippen LogP contribution is -2.45. The molecule has 4 heterocycles. The van der Waals surface area contributed by atoms with Gasteiger partial charge in [-0.2, -0.15) is 0 Å². The van der Waals surface area contributed by atoms with Crippen molar-refractivity contribution < 1.29 is 9.59 Å². The Kier molecular flexibility index (Phi) is 7.38. The molecule has 1 atom stereocenters. The highest BCUT2D eigenvalue weighted by molar-refractivity contribution is 7.98. The van der Waals surface area contributed by atoms with E-state index in [-0.39, 0.29) is 11.8 Å². The topological polar surface area (TPSA) is 115 Å². The number of nitrogens with one attached hydrogen (secondary N) is 2. The number of aromatic nitrogens is 5. The maximum absolute atomic E-state index is 12.7. The summed E-state index contributed by atoms with van der Waals surface area (Å²) >= 11 is 2.92. The zero-order chi connectivity index (χ0) is 24.9. The Bertz CT molecular complexity index is 1370. The lowest BCUT2D eigenvalue weighted by molar-refractivity contribution is -0.122. The lowest BCUT2D eigenvalue weighted by Gasteiger charge is -2.14. The van der Waals surface area contributed by atoms with Crippen LogP contribution in [-0.2, 0) is 10.5 Å². The number of amides is 2. The van der Waals surface area contributed by atoms with Gasteiger partial charge in [0.05, 0.1) is 11.4 Å². The first kappa shape index (κ1) is 24.1. The first-order valence-electron chi connectivity index (χ1n) is 11.7. The summed E-state index contributed by atoms with van der Waals surface area (Å²) < 4.78 is 2.03. The fourth-order valence-corrected chi connectivity index (χ4v) is 5.73. The van der Waals surface area contributed by atoms with Crippen LogP contribution < -0.4 is 10.6 Å². The van der Waals surface area contributed by atoms with Crippen molar-refractivity contribution >= 4 is 34.9 Å². The van der Waals surface area contributed by atoms with Gasteiger partial charge in [0.2, 0.25) is 5.91 Å². The van der Waals surface area contributed by atoms with Crippen LogP contribution in [0.2, 0.25) is 0 Å². The van der Waals surface area contributed by atoms with Gasteiger partial charge in [0.1, 0.15) is 16.7 Å². The largest absolute Gasteiger partial charge is 0.354 e. The molecule has 2 N–H and O–H groups in total. The summed E-state index contributed by atoms with van der Waals surface area (Å²) in [6.07, 6.45) is 5.95. The summed E-state index contributed by atoms with van der Waals surface area (Å²) in [6.45, 7) is 2.70. The maximum Gasteiger partial charge on any atom is 0.271 e. The van der Waals surface area contributed by atoms with Gasteiger partial charge in [-0.3, -0.25) is 19.1 Å². The first-order chi connectivity index (χ1) is 17.6. The average molecular weight is 520 g/mol. The maximum atomic E-state index is 12.7. The minimum Gasteiger partial charge on any atom is -0.354 e. The SMILES string of the molecule is Cc1ccccc1-n1c(SCc2nc(C(=O)NC3CCCCNC3=O)cs2)nnc1-c1cccnc1.